The number of ketones is 1. The summed E-state index contributed by atoms with van der Waals surface area (Å²) >= 11 is 0. The van der Waals surface area contributed by atoms with Crippen molar-refractivity contribution in [3.05, 3.63) is 11.6 Å². The van der Waals surface area contributed by atoms with Gasteiger partial charge in [0.05, 0.1) is 6.61 Å². The van der Waals surface area contributed by atoms with Crippen LogP contribution in [0.15, 0.2) is 11.6 Å². The molecule has 0 heterocycles. The van der Waals surface area contributed by atoms with Gasteiger partial charge < -0.3 is 5.11 Å². The standard InChI is InChI=1S/C21H32O2/c1-3-14-5-7-18-17-6-4-15-12-16(23)8-11-21(15,13-22)19(17)9-10-20(14,18)2/h12,14,17-19,22H,3-11,13H2,1-2H3/t14-,17?,18?,19?,20+,21+/m0/s1. The Labute approximate surface area is 140 Å². The van der Waals surface area contributed by atoms with Crippen LogP contribution in [0, 0.1) is 34.5 Å². The van der Waals surface area contributed by atoms with Gasteiger partial charge in [0.1, 0.15) is 0 Å². The van der Waals surface area contributed by atoms with Gasteiger partial charge in [0, 0.05) is 11.8 Å². The van der Waals surface area contributed by atoms with Crippen LogP contribution in [0.2, 0.25) is 0 Å². The first-order valence-corrected chi connectivity index (χ1v) is 9.90. The van der Waals surface area contributed by atoms with E-state index in [-0.39, 0.29) is 17.8 Å². The largest absolute Gasteiger partial charge is 0.395 e. The van der Waals surface area contributed by atoms with Crippen LogP contribution in [0.25, 0.3) is 0 Å². The van der Waals surface area contributed by atoms with Crippen molar-refractivity contribution in [3.8, 4) is 0 Å². The highest BCUT2D eigenvalue weighted by atomic mass is 16.3. The predicted octanol–water partition coefficient (Wildman–Crippen LogP) is 4.52. The molecule has 128 valence electrons. The molecule has 0 aromatic rings. The van der Waals surface area contributed by atoms with Crippen LogP contribution in [0.4, 0.5) is 0 Å². The fourth-order valence-corrected chi connectivity index (χ4v) is 7.44. The van der Waals surface area contributed by atoms with Gasteiger partial charge in [0.2, 0.25) is 0 Å². The number of hydrogen-bond acceptors (Lipinski definition) is 2. The maximum atomic E-state index is 11.9. The van der Waals surface area contributed by atoms with Crippen LogP contribution in [-0.2, 0) is 4.79 Å². The summed E-state index contributed by atoms with van der Waals surface area (Å²) in [5, 5.41) is 10.4. The highest BCUT2D eigenvalue weighted by Crippen LogP contribution is 2.66. The summed E-state index contributed by atoms with van der Waals surface area (Å²) in [6, 6.07) is 0. The lowest BCUT2D eigenvalue weighted by Crippen LogP contribution is -2.52. The van der Waals surface area contributed by atoms with Crippen molar-refractivity contribution >= 4 is 5.78 Å². The maximum absolute atomic E-state index is 11.9. The van der Waals surface area contributed by atoms with E-state index < -0.39 is 0 Å². The molecule has 0 spiro atoms. The molecule has 23 heavy (non-hydrogen) atoms. The minimum Gasteiger partial charge on any atom is -0.395 e. The topological polar surface area (TPSA) is 37.3 Å². The predicted molar refractivity (Wildman–Crippen MR) is 91.9 cm³/mol. The van der Waals surface area contributed by atoms with Crippen molar-refractivity contribution in [1.82, 2.24) is 0 Å². The Morgan fingerprint density at radius 3 is 2.70 bits per heavy atom. The number of aliphatic hydroxyl groups is 1. The third kappa shape index (κ3) is 2.06. The second-order valence-electron chi connectivity index (χ2n) is 9.09. The molecule has 3 fully saturated rings. The van der Waals surface area contributed by atoms with Crippen molar-refractivity contribution in [2.75, 3.05) is 6.61 Å². The van der Waals surface area contributed by atoms with Gasteiger partial charge in [0.15, 0.2) is 5.78 Å². The average molecular weight is 316 g/mol. The van der Waals surface area contributed by atoms with Crippen LogP contribution in [0.5, 0.6) is 0 Å². The van der Waals surface area contributed by atoms with E-state index in [0.29, 0.717) is 17.8 Å². The molecule has 4 rings (SSSR count). The van der Waals surface area contributed by atoms with Crippen molar-refractivity contribution in [3.63, 3.8) is 0 Å². The molecular weight excluding hydrogens is 284 g/mol. The molecule has 0 aromatic carbocycles. The highest BCUT2D eigenvalue weighted by Gasteiger charge is 2.59. The number of aliphatic hydroxyl groups excluding tert-OH is 1. The first-order valence-electron chi connectivity index (χ1n) is 9.90. The van der Waals surface area contributed by atoms with E-state index in [1.54, 1.807) is 0 Å². The maximum Gasteiger partial charge on any atom is 0.155 e. The molecule has 0 bridgehead atoms. The number of carbonyl (C=O) groups is 1. The molecule has 0 radical (unpaired) electrons. The van der Waals surface area contributed by atoms with E-state index in [1.165, 1.54) is 44.1 Å². The first-order chi connectivity index (χ1) is 11.0. The second-order valence-corrected chi connectivity index (χ2v) is 9.09. The summed E-state index contributed by atoms with van der Waals surface area (Å²) in [5.74, 6) is 3.45. The molecule has 0 amide bonds. The smallest absolute Gasteiger partial charge is 0.155 e. The van der Waals surface area contributed by atoms with Gasteiger partial charge in [-0.05, 0) is 80.1 Å². The van der Waals surface area contributed by atoms with Crippen molar-refractivity contribution in [2.45, 2.75) is 71.6 Å². The third-order valence-corrected chi connectivity index (χ3v) is 8.66. The van der Waals surface area contributed by atoms with Crippen LogP contribution >= 0.6 is 0 Å². The fraction of sp³-hybridized carbons (Fsp3) is 0.857. The van der Waals surface area contributed by atoms with Gasteiger partial charge in [-0.3, -0.25) is 4.79 Å². The lowest BCUT2D eigenvalue weighted by atomic mass is 9.46. The molecule has 2 heteroatoms. The fourth-order valence-electron chi connectivity index (χ4n) is 7.44. The summed E-state index contributed by atoms with van der Waals surface area (Å²) in [5.41, 5.74) is 1.78. The Hall–Kier alpha value is -0.630. The zero-order valence-corrected chi connectivity index (χ0v) is 14.8. The van der Waals surface area contributed by atoms with Gasteiger partial charge in [-0.25, -0.2) is 0 Å². The van der Waals surface area contributed by atoms with Gasteiger partial charge in [-0.15, -0.1) is 0 Å². The van der Waals surface area contributed by atoms with E-state index in [2.05, 4.69) is 13.8 Å². The van der Waals surface area contributed by atoms with E-state index in [0.717, 1.165) is 30.6 Å². The number of fused-ring (bicyclic) bond motifs is 5. The van der Waals surface area contributed by atoms with Crippen LogP contribution in [-0.4, -0.2) is 17.5 Å². The van der Waals surface area contributed by atoms with Crippen molar-refractivity contribution < 1.29 is 9.90 Å². The summed E-state index contributed by atoms with van der Waals surface area (Å²) in [6.45, 7) is 5.19. The molecule has 3 saturated carbocycles. The van der Waals surface area contributed by atoms with Crippen LogP contribution < -0.4 is 0 Å². The van der Waals surface area contributed by atoms with Crippen LogP contribution in [0.3, 0.4) is 0 Å². The highest BCUT2D eigenvalue weighted by molar-refractivity contribution is 5.91. The first kappa shape index (κ1) is 15.9. The van der Waals surface area contributed by atoms with Gasteiger partial charge in [0.25, 0.3) is 0 Å². The van der Waals surface area contributed by atoms with Gasteiger partial charge >= 0.3 is 0 Å². The molecule has 0 aliphatic heterocycles. The molecule has 3 unspecified atom stereocenters. The Morgan fingerprint density at radius 1 is 1.13 bits per heavy atom. The third-order valence-electron chi connectivity index (χ3n) is 8.66. The Kier molecular flexibility index (Phi) is 3.75. The molecule has 2 nitrogen and oxygen atoms in total. The van der Waals surface area contributed by atoms with E-state index in [4.69, 9.17) is 0 Å². The average Bonchev–Trinajstić information content (AvgIpc) is 2.90. The normalized spacial score (nSPS) is 49.2. The minimum atomic E-state index is -0.0531. The van der Waals surface area contributed by atoms with E-state index >= 15 is 0 Å². The molecule has 4 aliphatic rings. The summed E-state index contributed by atoms with van der Waals surface area (Å²) in [7, 11) is 0. The molecule has 6 atom stereocenters. The van der Waals surface area contributed by atoms with Crippen molar-refractivity contribution in [2.24, 2.45) is 34.5 Å². The summed E-state index contributed by atoms with van der Waals surface area (Å²) in [4.78, 5) is 11.9. The van der Waals surface area contributed by atoms with Crippen molar-refractivity contribution in [1.29, 1.82) is 0 Å². The zero-order chi connectivity index (χ0) is 16.2. The minimum absolute atomic E-state index is 0.0531. The zero-order valence-electron chi connectivity index (χ0n) is 14.8. The quantitative estimate of drug-likeness (QED) is 0.813. The summed E-state index contributed by atoms with van der Waals surface area (Å²) in [6.07, 6.45) is 12.5. The number of rotatable bonds is 2. The van der Waals surface area contributed by atoms with E-state index in [9.17, 15) is 9.90 Å². The Balaban J connectivity index is 1.69. The molecule has 0 saturated heterocycles. The number of carbonyl (C=O) groups excluding carboxylic acids is 1. The second kappa shape index (κ2) is 5.44. The molecular formula is C21H32O2. The molecule has 0 aromatic heterocycles. The lowest BCUT2D eigenvalue weighted by molar-refractivity contribution is -0.119. The SMILES string of the molecule is CC[C@H]1CCC2C3CCC4=CC(=O)CC[C@]4(CO)C3CC[C@@]21C. The molecule has 4 aliphatic carbocycles. The Morgan fingerprint density at radius 2 is 1.96 bits per heavy atom. The summed E-state index contributed by atoms with van der Waals surface area (Å²) < 4.78 is 0. The number of hydrogen-bond donors (Lipinski definition) is 1. The molecule has 1 N–H and O–H groups in total. The monoisotopic (exact) mass is 316 g/mol. The lowest BCUT2D eigenvalue weighted by Gasteiger charge is -2.58. The van der Waals surface area contributed by atoms with E-state index in [1.807, 2.05) is 6.08 Å². The Bertz CT molecular complexity index is 536. The van der Waals surface area contributed by atoms with Gasteiger partial charge in [-0.2, -0.15) is 0 Å². The van der Waals surface area contributed by atoms with Gasteiger partial charge in [-0.1, -0.05) is 25.8 Å². The van der Waals surface area contributed by atoms with Crippen LogP contribution in [0.1, 0.15) is 71.6 Å².